The highest BCUT2D eigenvalue weighted by atomic mass is 16.6. The Labute approximate surface area is 248 Å². The topological polar surface area (TPSA) is 194 Å². The van der Waals surface area contributed by atoms with E-state index in [2.05, 4.69) is 36.3 Å². The number of methoxy groups -OCH3 is 1. The van der Waals surface area contributed by atoms with E-state index in [0.717, 1.165) is 5.56 Å². The minimum absolute atomic E-state index is 0.0483. The Morgan fingerprint density at radius 1 is 1.05 bits per heavy atom. The number of H-pyrrole nitrogens is 1. The van der Waals surface area contributed by atoms with E-state index in [9.17, 15) is 19.2 Å². The van der Waals surface area contributed by atoms with Crippen LogP contribution >= 0.6 is 0 Å². The highest BCUT2D eigenvalue weighted by molar-refractivity contribution is 5.99. The molecule has 43 heavy (non-hydrogen) atoms. The molecule has 0 radical (unpaired) electrons. The number of amides is 3. The number of aromatic amines is 1. The van der Waals surface area contributed by atoms with E-state index in [1.165, 1.54) is 19.5 Å². The molecule has 0 bridgehead atoms. The first kappa shape index (κ1) is 31.5. The van der Waals surface area contributed by atoms with E-state index >= 15 is 0 Å². The molecule has 1 fully saturated rings. The van der Waals surface area contributed by atoms with E-state index in [-0.39, 0.29) is 36.8 Å². The van der Waals surface area contributed by atoms with Crippen molar-refractivity contribution in [2.24, 2.45) is 5.92 Å². The molecule has 14 heteroatoms. The van der Waals surface area contributed by atoms with Crippen molar-refractivity contribution in [1.82, 2.24) is 36.3 Å². The molecule has 2 aromatic heterocycles. The van der Waals surface area contributed by atoms with E-state index in [4.69, 9.17) is 14.0 Å². The number of ketones is 1. The molecule has 4 rings (SSSR count). The SMILES string of the molecule is COC[C@H](NC(=O)c1cc(Cc2ncn[nH]2)on1)C(=O)N[C@@H](Cc1ccccc1)C(=O)N[C@@H](CC(C)C)C(=O)C1(C)CO1. The largest absolute Gasteiger partial charge is 0.382 e. The van der Waals surface area contributed by atoms with Crippen molar-refractivity contribution in [3.63, 3.8) is 0 Å². The molecule has 0 aliphatic carbocycles. The molecular formula is C29H37N7O7. The van der Waals surface area contributed by atoms with Gasteiger partial charge < -0.3 is 29.9 Å². The summed E-state index contributed by atoms with van der Waals surface area (Å²) < 4.78 is 15.7. The predicted molar refractivity (Wildman–Crippen MR) is 152 cm³/mol. The predicted octanol–water partition coefficient (Wildman–Crippen LogP) is 0.745. The van der Waals surface area contributed by atoms with Crippen LogP contribution in [0.25, 0.3) is 0 Å². The normalized spacial score (nSPS) is 18.0. The maximum Gasteiger partial charge on any atom is 0.274 e. The summed E-state index contributed by atoms with van der Waals surface area (Å²) in [7, 11) is 1.38. The molecule has 14 nitrogen and oxygen atoms in total. The van der Waals surface area contributed by atoms with Crippen LogP contribution in [-0.4, -0.2) is 87.9 Å². The van der Waals surface area contributed by atoms with Crippen molar-refractivity contribution in [2.45, 2.75) is 63.8 Å². The number of rotatable bonds is 16. The number of hydrogen-bond donors (Lipinski definition) is 4. The summed E-state index contributed by atoms with van der Waals surface area (Å²) in [5.74, 6) is -1.05. The number of hydrogen-bond acceptors (Lipinski definition) is 10. The molecule has 1 saturated heterocycles. The Kier molecular flexibility index (Phi) is 10.4. The Morgan fingerprint density at radius 2 is 1.74 bits per heavy atom. The standard InChI is InChI=1S/C29H37N7O7/c1-17(2)10-20(25(37)29(3)15-42-29)32-26(38)21(11-18-8-6-5-7-9-18)33-28(40)23(14-41-4)34-27(39)22-12-19(43-36-22)13-24-30-16-31-35-24/h5-9,12,16-17,20-21,23H,10-11,13-15H2,1-4H3,(H,32,38)(H,33,40)(H,34,39)(H,30,31,35)/t20-,21-,23-,29?/m0/s1. The van der Waals surface area contributed by atoms with Crippen LogP contribution in [-0.2, 0) is 36.7 Å². The van der Waals surface area contributed by atoms with Gasteiger partial charge in [0.1, 0.15) is 35.6 Å². The van der Waals surface area contributed by atoms with Crippen LogP contribution in [0, 0.1) is 5.92 Å². The second-order valence-electron chi connectivity index (χ2n) is 11.1. The van der Waals surface area contributed by atoms with Gasteiger partial charge in [0, 0.05) is 19.6 Å². The molecule has 1 unspecified atom stereocenters. The van der Waals surface area contributed by atoms with Gasteiger partial charge in [-0.3, -0.25) is 24.3 Å². The van der Waals surface area contributed by atoms with Crippen LogP contribution in [0.3, 0.4) is 0 Å². The summed E-state index contributed by atoms with van der Waals surface area (Å²) >= 11 is 0. The molecule has 3 aromatic rings. The number of benzene rings is 1. The number of epoxide rings is 1. The Balaban J connectivity index is 1.47. The van der Waals surface area contributed by atoms with Gasteiger partial charge in [0.15, 0.2) is 11.5 Å². The van der Waals surface area contributed by atoms with Crippen LogP contribution in [0.5, 0.6) is 0 Å². The number of carbonyl (C=O) groups is 4. The van der Waals surface area contributed by atoms with Crippen molar-refractivity contribution in [2.75, 3.05) is 20.3 Å². The Morgan fingerprint density at radius 3 is 2.37 bits per heavy atom. The highest BCUT2D eigenvalue weighted by Crippen LogP contribution is 2.29. The summed E-state index contributed by atoms with van der Waals surface area (Å²) in [5.41, 5.74) is -0.177. The molecule has 1 aliphatic heterocycles. The lowest BCUT2D eigenvalue weighted by atomic mass is 9.93. The van der Waals surface area contributed by atoms with E-state index < -0.39 is 41.4 Å². The van der Waals surface area contributed by atoms with Crippen LogP contribution in [0.1, 0.15) is 54.8 Å². The van der Waals surface area contributed by atoms with Gasteiger partial charge in [0.2, 0.25) is 11.8 Å². The zero-order chi connectivity index (χ0) is 31.0. The van der Waals surface area contributed by atoms with E-state index in [1.54, 1.807) is 6.92 Å². The second kappa shape index (κ2) is 14.2. The molecule has 0 spiro atoms. The molecule has 4 N–H and O–H groups in total. The first-order valence-electron chi connectivity index (χ1n) is 14.0. The van der Waals surface area contributed by atoms with Gasteiger partial charge in [-0.05, 0) is 24.8 Å². The third-order valence-electron chi connectivity index (χ3n) is 6.91. The molecule has 0 saturated carbocycles. The van der Waals surface area contributed by atoms with Gasteiger partial charge >= 0.3 is 0 Å². The maximum absolute atomic E-state index is 13.6. The summed E-state index contributed by atoms with van der Waals surface area (Å²) in [6.07, 6.45) is 2.15. The first-order valence-corrected chi connectivity index (χ1v) is 14.0. The lowest BCUT2D eigenvalue weighted by molar-refractivity contribution is -0.133. The van der Waals surface area contributed by atoms with E-state index in [1.807, 2.05) is 44.2 Å². The highest BCUT2D eigenvalue weighted by Gasteiger charge is 2.50. The van der Waals surface area contributed by atoms with Crippen LogP contribution < -0.4 is 16.0 Å². The maximum atomic E-state index is 13.6. The van der Waals surface area contributed by atoms with Crippen LogP contribution in [0.15, 0.2) is 47.2 Å². The van der Waals surface area contributed by atoms with Gasteiger partial charge in [-0.2, -0.15) is 5.10 Å². The smallest absolute Gasteiger partial charge is 0.274 e. The van der Waals surface area contributed by atoms with E-state index in [0.29, 0.717) is 24.6 Å². The van der Waals surface area contributed by atoms with Crippen LogP contribution in [0.2, 0.25) is 0 Å². The number of ether oxygens (including phenoxy) is 2. The number of carbonyl (C=O) groups excluding carboxylic acids is 4. The van der Waals surface area contributed by atoms with Crippen molar-refractivity contribution >= 4 is 23.5 Å². The number of nitrogens with zero attached hydrogens (tertiary/aromatic N) is 3. The molecule has 1 aliphatic rings. The zero-order valence-electron chi connectivity index (χ0n) is 24.6. The lowest BCUT2D eigenvalue weighted by Gasteiger charge is -2.26. The monoisotopic (exact) mass is 595 g/mol. The van der Waals surface area contributed by atoms with Gasteiger partial charge in [-0.1, -0.05) is 49.3 Å². The molecule has 1 aromatic carbocycles. The average molecular weight is 596 g/mol. The second-order valence-corrected chi connectivity index (χ2v) is 11.1. The average Bonchev–Trinajstić information content (AvgIpc) is 3.33. The third kappa shape index (κ3) is 8.78. The minimum atomic E-state index is -1.16. The fourth-order valence-corrected chi connectivity index (χ4v) is 4.49. The van der Waals surface area contributed by atoms with Gasteiger partial charge in [0.05, 0.1) is 25.7 Å². The number of nitrogens with one attached hydrogen (secondary N) is 4. The van der Waals surface area contributed by atoms with Gasteiger partial charge in [-0.25, -0.2) is 4.98 Å². The quantitative estimate of drug-likeness (QED) is 0.172. The summed E-state index contributed by atoms with van der Waals surface area (Å²) in [6.45, 7) is 5.73. The minimum Gasteiger partial charge on any atom is -0.382 e. The molecule has 230 valence electrons. The first-order chi connectivity index (χ1) is 20.6. The van der Waals surface area contributed by atoms with Gasteiger partial charge in [-0.15, -0.1) is 0 Å². The Bertz CT molecular complexity index is 1390. The van der Waals surface area contributed by atoms with Gasteiger partial charge in [0.25, 0.3) is 5.91 Å². The number of aromatic nitrogens is 4. The fraction of sp³-hybridized carbons (Fsp3) is 0.483. The summed E-state index contributed by atoms with van der Waals surface area (Å²) in [6, 6.07) is 7.58. The number of Topliss-reactive ketones (excluding diaryl/α,β-unsaturated/α-hetero) is 1. The summed E-state index contributed by atoms with van der Waals surface area (Å²) in [4.78, 5) is 57.2. The third-order valence-corrected chi connectivity index (χ3v) is 6.91. The molecular weight excluding hydrogens is 558 g/mol. The lowest BCUT2D eigenvalue weighted by Crippen LogP contribution is -2.58. The van der Waals surface area contributed by atoms with Crippen molar-refractivity contribution in [3.05, 3.63) is 65.6 Å². The van der Waals surface area contributed by atoms with Crippen molar-refractivity contribution in [1.29, 1.82) is 0 Å². The summed E-state index contributed by atoms with van der Waals surface area (Å²) in [5, 5.41) is 18.4. The van der Waals surface area contributed by atoms with Crippen molar-refractivity contribution in [3.8, 4) is 0 Å². The fourth-order valence-electron chi connectivity index (χ4n) is 4.49. The zero-order valence-corrected chi connectivity index (χ0v) is 24.6. The molecule has 3 heterocycles. The molecule has 3 amide bonds. The molecule has 4 atom stereocenters. The van der Waals surface area contributed by atoms with Crippen molar-refractivity contribution < 1.29 is 33.2 Å². The van der Waals surface area contributed by atoms with Crippen LogP contribution in [0.4, 0.5) is 0 Å². The Hall–Kier alpha value is -4.43.